The van der Waals surface area contributed by atoms with Crippen molar-refractivity contribution < 1.29 is 9.53 Å². The number of amides is 1. The molecule has 24 heavy (non-hydrogen) atoms. The van der Waals surface area contributed by atoms with Gasteiger partial charge < -0.3 is 14.5 Å². The van der Waals surface area contributed by atoms with E-state index in [2.05, 4.69) is 26.9 Å². The summed E-state index contributed by atoms with van der Waals surface area (Å²) in [6.07, 6.45) is 1.25. The Bertz CT molecular complexity index is 751. The number of carbonyl (C=O) groups excluding carboxylic acids is 1. The topological polar surface area (TPSA) is 75.9 Å². The molecule has 1 amide bonds. The summed E-state index contributed by atoms with van der Waals surface area (Å²) < 4.78 is 7.22. The number of anilines is 1. The Morgan fingerprint density at radius 1 is 1.33 bits per heavy atom. The maximum Gasteiger partial charge on any atom is 0.410 e. The minimum atomic E-state index is -0.480. The van der Waals surface area contributed by atoms with Crippen LogP contribution in [0.4, 0.5) is 10.6 Å². The van der Waals surface area contributed by atoms with Gasteiger partial charge in [0, 0.05) is 37.4 Å². The number of hydrogen-bond acceptors (Lipinski definition) is 6. The van der Waals surface area contributed by atoms with Gasteiger partial charge in [-0.2, -0.15) is 14.6 Å². The third-order valence-electron chi connectivity index (χ3n) is 3.93. The van der Waals surface area contributed by atoms with Crippen molar-refractivity contribution in [1.82, 2.24) is 24.5 Å². The molecule has 1 fully saturated rings. The Balaban J connectivity index is 1.78. The minimum absolute atomic E-state index is 0.139. The van der Waals surface area contributed by atoms with Gasteiger partial charge in [0.1, 0.15) is 17.7 Å². The van der Waals surface area contributed by atoms with Crippen molar-refractivity contribution in [1.29, 1.82) is 0 Å². The van der Waals surface area contributed by atoms with E-state index in [0.29, 0.717) is 25.4 Å². The first-order valence-electron chi connectivity index (χ1n) is 8.16. The molecule has 1 aliphatic heterocycles. The highest BCUT2D eigenvalue weighted by atomic mass is 16.6. The Kier molecular flexibility index (Phi) is 4.06. The van der Waals surface area contributed by atoms with Gasteiger partial charge in [0.05, 0.1) is 0 Å². The zero-order valence-corrected chi connectivity index (χ0v) is 14.9. The number of aromatic nitrogens is 4. The lowest BCUT2D eigenvalue weighted by Gasteiger charge is -2.41. The maximum absolute atomic E-state index is 12.3. The minimum Gasteiger partial charge on any atom is -0.444 e. The first-order valence-corrected chi connectivity index (χ1v) is 8.16. The van der Waals surface area contributed by atoms with Crippen molar-refractivity contribution in [3.8, 4) is 0 Å². The molecule has 2 aromatic heterocycles. The van der Waals surface area contributed by atoms with E-state index in [9.17, 15) is 4.79 Å². The van der Waals surface area contributed by atoms with Crippen molar-refractivity contribution in [3.05, 3.63) is 18.1 Å². The maximum atomic E-state index is 12.3. The van der Waals surface area contributed by atoms with Crippen LogP contribution in [0.25, 0.3) is 5.78 Å². The van der Waals surface area contributed by atoms with Crippen LogP contribution < -0.4 is 4.90 Å². The summed E-state index contributed by atoms with van der Waals surface area (Å²) in [5.41, 5.74) is 0.416. The first-order chi connectivity index (χ1) is 11.2. The Morgan fingerprint density at radius 2 is 2.08 bits per heavy atom. The third-order valence-corrected chi connectivity index (χ3v) is 3.93. The lowest BCUT2D eigenvalue weighted by molar-refractivity contribution is 0.0218. The highest BCUT2D eigenvalue weighted by Crippen LogP contribution is 2.22. The molecule has 3 heterocycles. The van der Waals surface area contributed by atoms with Crippen LogP contribution in [0.1, 0.15) is 33.4 Å². The van der Waals surface area contributed by atoms with Crippen LogP contribution in [0.5, 0.6) is 0 Å². The van der Waals surface area contributed by atoms with E-state index in [1.54, 1.807) is 9.42 Å². The summed E-state index contributed by atoms with van der Waals surface area (Å²) in [7, 11) is 0. The fourth-order valence-corrected chi connectivity index (χ4v) is 2.91. The molecule has 1 saturated heterocycles. The number of aryl methyl sites for hydroxylation is 1. The van der Waals surface area contributed by atoms with Gasteiger partial charge in [-0.15, -0.1) is 0 Å². The quantitative estimate of drug-likeness (QED) is 0.794. The molecule has 1 unspecified atom stereocenters. The predicted molar refractivity (Wildman–Crippen MR) is 90.1 cm³/mol. The molecule has 2 aromatic rings. The molecule has 8 heteroatoms. The zero-order valence-electron chi connectivity index (χ0n) is 14.9. The smallest absolute Gasteiger partial charge is 0.410 e. The molecule has 0 aliphatic carbocycles. The van der Waals surface area contributed by atoms with Gasteiger partial charge in [-0.05, 0) is 34.6 Å². The molecule has 3 rings (SSSR count). The van der Waals surface area contributed by atoms with Crippen LogP contribution in [-0.4, -0.2) is 61.9 Å². The van der Waals surface area contributed by atoms with Crippen LogP contribution in [-0.2, 0) is 4.74 Å². The summed E-state index contributed by atoms with van der Waals surface area (Å²) in [6.45, 7) is 11.6. The second-order valence-electron chi connectivity index (χ2n) is 7.20. The predicted octanol–water partition coefficient (Wildman–Crippen LogP) is 1.88. The Labute approximate surface area is 141 Å². The SMILES string of the molecule is Cc1cc(N2CCN(C(=O)OC(C)(C)C)CC2C)n2ncnc2n1. The number of nitrogens with zero attached hydrogens (tertiary/aromatic N) is 6. The molecule has 0 bridgehead atoms. The fraction of sp³-hybridized carbons (Fsp3) is 0.625. The largest absolute Gasteiger partial charge is 0.444 e. The number of piperazine rings is 1. The van der Waals surface area contributed by atoms with E-state index in [4.69, 9.17) is 4.74 Å². The van der Waals surface area contributed by atoms with Gasteiger partial charge in [0.25, 0.3) is 5.78 Å². The summed E-state index contributed by atoms with van der Waals surface area (Å²) in [6, 6.07) is 2.14. The van der Waals surface area contributed by atoms with E-state index in [-0.39, 0.29) is 12.1 Å². The average molecular weight is 332 g/mol. The van der Waals surface area contributed by atoms with Crippen molar-refractivity contribution in [2.75, 3.05) is 24.5 Å². The van der Waals surface area contributed by atoms with Crippen LogP contribution in [0.2, 0.25) is 0 Å². The van der Waals surface area contributed by atoms with E-state index in [1.165, 1.54) is 6.33 Å². The third kappa shape index (κ3) is 3.27. The van der Waals surface area contributed by atoms with Crippen molar-refractivity contribution >= 4 is 17.7 Å². The van der Waals surface area contributed by atoms with Gasteiger partial charge in [-0.1, -0.05) is 0 Å². The Morgan fingerprint density at radius 3 is 2.75 bits per heavy atom. The van der Waals surface area contributed by atoms with Gasteiger partial charge in [0.2, 0.25) is 0 Å². The van der Waals surface area contributed by atoms with Crippen molar-refractivity contribution in [2.24, 2.45) is 0 Å². The summed E-state index contributed by atoms with van der Waals surface area (Å²) >= 11 is 0. The van der Waals surface area contributed by atoms with E-state index >= 15 is 0 Å². The highest BCUT2D eigenvalue weighted by Gasteiger charge is 2.31. The normalized spacial score (nSPS) is 19.0. The molecule has 8 nitrogen and oxygen atoms in total. The summed E-state index contributed by atoms with van der Waals surface area (Å²) in [5.74, 6) is 1.54. The molecule has 0 radical (unpaired) electrons. The van der Waals surface area contributed by atoms with Crippen LogP contribution in [0.3, 0.4) is 0 Å². The van der Waals surface area contributed by atoms with Gasteiger partial charge in [-0.25, -0.2) is 9.78 Å². The number of hydrogen-bond donors (Lipinski definition) is 0. The fourth-order valence-electron chi connectivity index (χ4n) is 2.91. The monoisotopic (exact) mass is 332 g/mol. The van der Waals surface area contributed by atoms with E-state index in [1.807, 2.05) is 33.8 Å². The molecule has 1 aliphatic rings. The second kappa shape index (κ2) is 5.92. The van der Waals surface area contributed by atoms with Crippen LogP contribution in [0.15, 0.2) is 12.4 Å². The molecule has 130 valence electrons. The second-order valence-corrected chi connectivity index (χ2v) is 7.20. The standard InChI is InChI=1S/C16H24N6O2/c1-11-8-13(22-14(19-11)17-10-18-22)21-7-6-20(9-12(21)2)15(23)24-16(3,4)5/h8,10,12H,6-7,9H2,1-5H3. The first kappa shape index (κ1) is 16.5. The summed E-state index contributed by atoms with van der Waals surface area (Å²) in [5, 5.41) is 4.27. The van der Waals surface area contributed by atoms with Crippen LogP contribution >= 0.6 is 0 Å². The van der Waals surface area contributed by atoms with Gasteiger partial charge in [0.15, 0.2) is 0 Å². The molecule has 1 atom stereocenters. The lowest BCUT2D eigenvalue weighted by Crippen LogP contribution is -2.55. The molecular formula is C16H24N6O2. The highest BCUT2D eigenvalue weighted by molar-refractivity contribution is 5.68. The molecule has 0 aromatic carbocycles. The Hall–Kier alpha value is -2.38. The van der Waals surface area contributed by atoms with Crippen LogP contribution in [0, 0.1) is 6.92 Å². The van der Waals surface area contributed by atoms with Gasteiger partial charge >= 0.3 is 6.09 Å². The van der Waals surface area contributed by atoms with E-state index < -0.39 is 5.60 Å². The lowest BCUT2D eigenvalue weighted by atomic mass is 10.2. The number of ether oxygens (including phenoxy) is 1. The van der Waals surface area contributed by atoms with Crippen molar-refractivity contribution in [2.45, 2.75) is 46.3 Å². The number of rotatable bonds is 1. The molecular weight excluding hydrogens is 308 g/mol. The molecule has 0 saturated carbocycles. The molecule has 0 N–H and O–H groups in total. The summed E-state index contributed by atoms with van der Waals surface area (Å²) in [4.78, 5) is 24.8. The molecule has 0 spiro atoms. The zero-order chi connectivity index (χ0) is 17.5. The average Bonchev–Trinajstić information content (AvgIpc) is 2.92. The number of carbonyl (C=O) groups is 1. The van der Waals surface area contributed by atoms with Crippen molar-refractivity contribution in [3.63, 3.8) is 0 Å². The van der Waals surface area contributed by atoms with Gasteiger partial charge in [-0.3, -0.25) is 0 Å². The number of fused-ring (bicyclic) bond motifs is 1. The van der Waals surface area contributed by atoms with E-state index in [0.717, 1.165) is 11.5 Å².